The molecule has 1 atom stereocenters. The Bertz CT molecular complexity index is 279. The van der Waals surface area contributed by atoms with Crippen LogP contribution in [-0.2, 0) is 4.79 Å². The van der Waals surface area contributed by atoms with Gasteiger partial charge in [-0.25, -0.2) is 4.79 Å². The molecule has 0 spiro atoms. The number of carboxylic acids is 1. The van der Waals surface area contributed by atoms with Crippen LogP contribution in [0.25, 0.3) is 0 Å². The van der Waals surface area contributed by atoms with Gasteiger partial charge in [-0.2, -0.15) is 0 Å². The van der Waals surface area contributed by atoms with Crippen molar-refractivity contribution in [3.8, 4) is 0 Å². The van der Waals surface area contributed by atoms with Gasteiger partial charge in [0.1, 0.15) is 6.54 Å². The summed E-state index contributed by atoms with van der Waals surface area (Å²) in [6, 6.07) is -0.141. The molecular weight excluding hydrogens is 220 g/mol. The van der Waals surface area contributed by atoms with E-state index in [1.54, 1.807) is 4.90 Å². The molecule has 0 aliphatic rings. The molecule has 5 heteroatoms. The lowest BCUT2D eigenvalue weighted by molar-refractivity contribution is -0.137. The van der Waals surface area contributed by atoms with Crippen LogP contribution in [0.4, 0.5) is 4.79 Å². The van der Waals surface area contributed by atoms with Crippen molar-refractivity contribution in [1.82, 2.24) is 9.80 Å². The fourth-order valence-electron chi connectivity index (χ4n) is 1.57. The summed E-state index contributed by atoms with van der Waals surface area (Å²) in [5, 5.41) is 8.76. The minimum absolute atomic E-state index is 0.105. The Hall–Kier alpha value is -1.52. The van der Waals surface area contributed by atoms with Crippen LogP contribution in [0.3, 0.4) is 0 Å². The first kappa shape index (κ1) is 15.5. The number of rotatable bonds is 7. The first-order valence-corrected chi connectivity index (χ1v) is 5.86. The Kier molecular flexibility index (Phi) is 7.02. The first-order valence-electron chi connectivity index (χ1n) is 5.86. The van der Waals surface area contributed by atoms with Crippen LogP contribution in [0, 0.1) is 0 Å². The zero-order valence-corrected chi connectivity index (χ0v) is 10.8. The largest absolute Gasteiger partial charge is 0.480 e. The highest BCUT2D eigenvalue weighted by Crippen LogP contribution is 2.07. The molecule has 0 aromatic carbocycles. The van der Waals surface area contributed by atoms with Crippen molar-refractivity contribution in [3.05, 3.63) is 12.7 Å². The van der Waals surface area contributed by atoms with Crippen LogP contribution >= 0.6 is 0 Å². The number of hydrogen-bond donors (Lipinski definition) is 1. The molecule has 17 heavy (non-hydrogen) atoms. The molecule has 0 bridgehead atoms. The topological polar surface area (TPSA) is 60.9 Å². The predicted molar refractivity (Wildman–Crippen MR) is 66.9 cm³/mol. The third kappa shape index (κ3) is 4.89. The predicted octanol–water partition coefficient (Wildman–Crippen LogP) is 1.80. The molecule has 1 unspecified atom stereocenters. The molecule has 0 fully saturated rings. The third-order valence-electron chi connectivity index (χ3n) is 2.66. The summed E-state index contributed by atoms with van der Waals surface area (Å²) >= 11 is 0. The quantitative estimate of drug-likeness (QED) is 0.692. The number of nitrogens with zero attached hydrogens (tertiary/aromatic N) is 2. The second-order valence-electron chi connectivity index (χ2n) is 3.89. The van der Waals surface area contributed by atoms with Crippen molar-refractivity contribution in [2.75, 3.05) is 19.6 Å². The van der Waals surface area contributed by atoms with Gasteiger partial charge < -0.3 is 14.9 Å². The number of hydrogen-bond acceptors (Lipinski definition) is 2. The molecule has 0 saturated heterocycles. The van der Waals surface area contributed by atoms with Crippen molar-refractivity contribution in [2.45, 2.75) is 33.2 Å². The molecule has 0 aromatic rings. The lowest BCUT2D eigenvalue weighted by atomic mass is 10.2. The fraction of sp³-hybridized carbons (Fsp3) is 0.667. The maximum Gasteiger partial charge on any atom is 0.323 e. The van der Waals surface area contributed by atoms with E-state index in [0.717, 1.165) is 6.42 Å². The number of aliphatic carboxylic acids is 1. The van der Waals surface area contributed by atoms with E-state index in [4.69, 9.17) is 5.11 Å². The summed E-state index contributed by atoms with van der Waals surface area (Å²) in [6.07, 6.45) is 2.37. The summed E-state index contributed by atoms with van der Waals surface area (Å²) in [4.78, 5) is 25.8. The minimum atomic E-state index is -1.01. The van der Waals surface area contributed by atoms with Crippen molar-refractivity contribution in [1.29, 1.82) is 0 Å². The lowest BCUT2D eigenvalue weighted by Crippen LogP contribution is -2.48. The van der Waals surface area contributed by atoms with Crippen molar-refractivity contribution in [3.63, 3.8) is 0 Å². The van der Waals surface area contributed by atoms with E-state index in [-0.39, 0.29) is 25.2 Å². The highest BCUT2D eigenvalue weighted by atomic mass is 16.4. The summed E-state index contributed by atoms with van der Waals surface area (Å²) in [6.45, 7) is 9.89. The van der Waals surface area contributed by atoms with Gasteiger partial charge in [0.2, 0.25) is 0 Å². The third-order valence-corrected chi connectivity index (χ3v) is 2.66. The maximum atomic E-state index is 12.1. The number of urea groups is 1. The van der Waals surface area contributed by atoms with Gasteiger partial charge in [-0.1, -0.05) is 13.0 Å². The van der Waals surface area contributed by atoms with Crippen LogP contribution < -0.4 is 0 Å². The number of carbonyl (C=O) groups is 2. The molecule has 0 heterocycles. The SMILES string of the molecule is C=CCN(CC(=O)O)C(=O)N(CC)C(C)CC. The van der Waals surface area contributed by atoms with E-state index in [9.17, 15) is 9.59 Å². The summed E-state index contributed by atoms with van der Waals surface area (Å²) in [5.74, 6) is -1.01. The van der Waals surface area contributed by atoms with Gasteiger partial charge in [0.15, 0.2) is 0 Å². The van der Waals surface area contributed by atoms with Crippen LogP contribution in [0.2, 0.25) is 0 Å². The number of carboxylic acid groups (broad SMARTS) is 1. The van der Waals surface area contributed by atoms with E-state index >= 15 is 0 Å². The lowest BCUT2D eigenvalue weighted by Gasteiger charge is -2.32. The summed E-state index contributed by atoms with van der Waals surface area (Å²) in [7, 11) is 0. The second kappa shape index (κ2) is 7.70. The Labute approximate surface area is 103 Å². The van der Waals surface area contributed by atoms with Gasteiger partial charge in [0.05, 0.1) is 0 Å². The molecule has 0 radical (unpaired) electrons. The van der Waals surface area contributed by atoms with E-state index < -0.39 is 5.97 Å². The van der Waals surface area contributed by atoms with Crippen molar-refractivity contribution in [2.24, 2.45) is 0 Å². The Morgan fingerprint density at radius 2 is 2.00 bits per heavy atom. The molecule has 98 valence electrons. The van der Waals surface area contributed by atoms with Crippen LogP contribution in [0.1, 0.15) is 27.2 Å². The van der Waals surface area contributed by atoms with E-state index in [1.807, 2.05) is 20.8 Å². The van der Waals surface area contributed by atoms with Gasteiger partial charge in [-0.15, -0.1) is 6.58 Å². The van der Waals surface area contributed by atoms with E-state index in [1.165, 1.54) is 11.0 Å². The normalized spacial score (nSPS) is 11.7. The molecule has 0 aliphatic heterocycles. The molecule has 0 aromatic heterocycles. The van der Waals surface area contributed by atoms with Crippen molar-refractivity contribution >= 4 is 12.0 Å². The second-order valence-corrected chi connectivity index (χ2v) is 3.89. The zero-order valence-electron chi connectivity index (χ0n) is 10.8. The number of amides is 2. The van der Waals surface area contributed by atoms with Crippen LogP contribution in [-0.4, -0.2) is 52.6 Å². The Morgan fingerprint density at radius 1 is 1.41 bits per heavy atom. The van der Waals surface area contributed by atoms with Gasteiger partial charge in [0.25, 0.3) is 0 Å². The molecule has 1 N–H and O–H groups in total. The van der Waals surface area contributed by atoms with Crippen LogP contribution in [0.15, 0.2) is 12.7 Å². The Morgan fingerprint density at radius 3 is 2.35 bits per heavy atom. The molecule has 2 amide bonds. The maximum absolute atomic E-state index is 12.1. The monoisotopic (exact) mass is 242 g/mol. The van der Waals surface area contributed by atoms with Gasteiger partial charge in [-0.3, -0.25) is 4.79 Å². The molecule has 0 rings (SSSR count). The van der Waals surface area contributed by atoms with Gasteiger partial charge in [0, 0.05) is 19.1 Å². The highest BCUT2D eigenvalue weighted by molar-refractivity contribution is 5.80. The van der Waals surface area contributed by atoms with Gasteiger partial charge in [-0.05, 0) is 20.3 Å². The summed E-state index contributed by atoms with van der Waals surface area (Å²) in [5.41, 5.74) is 0. The fourth-order valence-corrected chi connectivity index (χ4v) is 1.57. The average molecular weight is 242 g/mol. The van der Waals surface area contributed by atoms with E-state index in [0.29, 0.717) is 6.54 Å². The van der Waals surface area contributed by atoms with Crippen molar-refractivity contribution < 1.29 is 14.7 Å². The van der Waals surface area contributed by atoms with E-state index in [2.05, 4.69) is 6.58 Å². The molecule has 0 saturated carbocycles. The molecule has 0 aliphatic carbocycles. The standard InChI is InChI=1S/C12H22N2O3/c1-5-8-13(9-11(15)16)12(17)14(7-3)10(4)6-2/h5,10H,1,6-9H2,2-4H3,(H,15,16). The highest BCUT2D eigenvalue weighted by Gasteiger charge is 2.23. The average Bonchev–Trinajstić information content (AvgIpc) is 2.28. The summed E-state index contributed by atoms with van der Waals surface area (Å²) < 4.78 is 0. The number of carbonyl (C=O) groups excluding carboxylic acids is 1. The zero-order chi connectivity index (χ0) is 13.4. The molecule has 5 nitrogen and oxygen atoms in total. The first-order chi connectivity index (χ1) is 7.97. The smallest absolute Gasteiger partial charge is 0.323 e. The minimum Gasteiger partial charge on any atom is -0.480 e. The molecular formula is C12H22N2O3. The van der Waals surface area contributed by atoms with Crippen LogP contribution in [0.5, 0.6) is 0 Å². The van der Waals surface area contributed by atoms with Gasteiger partial charge >= 0.3 is 12.0 Å². The Balaban J connectivity index is 4.77.